The summed E-state index contributed by atoms with van der Waals surface area (Å²) in [5.74, 6) is 0. The van der Waals surface area contributed by atoms with Crippen LogP contribution in [0, 0.1) is 6.92 Å². The monoisotopic (exact) mass is 307 g/mol. The number of nitrogens with two attached hydrogens (primary N) is 1. The summed E-state index contributed by atoms with van der Waals surface area (Å²) in [5.41, 5.74) is 7.57. The van der Waals surface area contributed by atoms with Gasteiger partial charge in [-0.3, -0.25) is 4.72 Å². The molecular formula is C9H14BrN3O2S. The van der Waals surface area contributed by atoms with Crippen molar-refractivity contribution in [3.8, 4) is 0 Å². The molecule has 5 nitrogen and oxygen atoms in total. The predicted molar refractivity (Wildman–Crippen MR) is 69.5 cm³/mol. The van der Waals surface area contributed by atoms with Gasteiger partial charge in [0.2, 0.25) is 0 Å². The van der Waals surface area contributed by atoms with Crippen molar-refractivity contribution in [1.82, 2.24) is 4.31 Å². The number of nitrogens with one attached hydrogen (secondary N) is 1. The Morgan fingerprint density at radius 3 is 2.44 bits per heavy atom. The molecule has 0 atom stereocenters. The van der Waals surface area contributed by atoms with E-state index in [1.807, 2.05) is 6.92 Å². The number of hydrogen-bond acceptors (Lipinski definition) is 3. The summed E-state index contributed by atoms with van der Waals surface area (Å²) >= 11 is 3.28. The van der Waals surface area contributed by atoms with Gasteiger partial charge in [-0.05, 0) is 40.5 Å². The van der Waals surface area contributed by atoms with Crippen LogP contribution in [-0.4, -0.2) is 26.8 Å². The fourth-order valence-corrected chi connectivity index (χ4v) is 2.32. The van der Waals surface area contributed by atoms with Crippen molar-refractivity contribution in [1.29, 1.82) is 0 Å². The highest BCUT2D eigenvalue weighted by Gasteiger charge is 2.15. The first-order chi connectivity index (χ1) is 7.24. The van der Waals surface area contributed by atoms with Crippen LogP contribution in [-0.2, 0) is 10.2 Å². The van der Waals surface area contributed by atoms with E-state index in [2.05, 4.69) is 20.7 Å². The van der Waals surface area contributed by atoms with Crippen LogP contribution in [0.4, 0.5) is 11.4 Å². The molecule has 0 amide bonds. The molecule has 0 saturated carbocycles. The van der Waals surface area contributed by atoms with Crippen LogP contribution >= 0.6 is 15.9 Å². The van der Waals surface area contributed by atoms with Gasteiger partial charge in [-0.25, -0.2) is 0 Å². The molecule has 1 aromatic rings. The molecule has 0 unspecified atom stereocenters. The van der Waals surface area contributed by atoms with Crippen molar-refractivity contribution in [2.24, 2.45) is 0 Å². The van der Waals surface area contributed by atoms with E-state index in [-0.39, 0.29) is 0 Å². The van der Waals surface area contributed by atoms with Crippen molar-refractivity contribution in [3.05, 3.63) is 22.2 Å². The summed E-state index contributed by atoms with van der Waals surface area (Å²) in [4.78, 5) is 0. The van der Waals surface area contributed by atoms with E-state index in [9.17, 15) is 8.42 Å². The first-order valence-electron chi connectivity index (χ1n) is 4.50. The van der Waals surface area contributed by atoms with Crippen molar-refractivity contribution >= 4 is 37.5 Å². The number of anilines is 2. The van der Waals surface area contributed by atoms with Crippen LogP contribution < -0.4 is 10.5 Å². The molecule has 90 valence electrons. The van der Waals surface area contributed by atoms with E-state index in [0.717, 1.165) is 9.87 Å². The average Bonchev–Trinajstić information content (AvgIpc) is 2.13. The summed E-state index contributed by atoms with van der Waals surface area (Å²) in [5, 5.41) is 0. The van der Waals surface area contributed by atoms with Gasteiger partial charge in [0.05, 0.1) is 5.69 Å². The maximum Gasteiger partial charge on any atom is 0.301 e. The van der Waals surface area contributed by atoms with Crippen LogP contribution in [0.5, 0.6) is 0 Å². The molecule has 0 bridgehead atoms. The fraction of sp³-hybridized carbons (Fsp3) is 0.333. The van der Waals surface area contributed by atoms with Crippen LogP contribution in [0.15, 0.2) is 16.6 Å². The highest BCUT2D eigenvalue weighted by Crippen LogP contribution is 2.28. The van der Waals surface area contributed by atoms with Crippen LogP contribution in [0.3, 0.4) is 0 Å². The molecule has 0 aliphatic carbocycles. The number of aryl methyl sites for hydroxylation is 1. The van der Waals surface area contributed by atoms with E-state index in [4.69, 9.17) is 5.73 Å². The second-order valence-electron chi connectivity index (χ2n) is 3.58. The van der Waals surface area contributed by atoms with Crippen molar-refractivity contribution in [2.75, 3.05) is 24.6 Å². The van der Waals surface area contributed by atoms with Gasteiger partial charge in [0.25, 0.3) is 0 Å². The Morgan fingerprint density at radius 2 is 1.94 bits per heavy atom. The zero-order valence-electron chi connectivity index (χ0n) is 9.28. The molecule has 1 aromatic carbocycles. The molecule has 0 aliphatic heterocycles. The third kappa shape index (κ3) is 2.87. The van der Waals surface area contributed by atoms with Crippen molar-refractivity contribution in [2.45, 2.75) is 6.92 Å². The maximum absolute atomic E-state index is 11.6. The number of halogens is 1. The molecule has 7 heteroatoms. The van der Waals surface area contributed by atoms with Gasteiger partial charge < -0.3 is 5.73 Å². The Labute approximate surface area is 104 Å². The van der Waals surface area contributed by atoms with E-state index in [0.29, 0.717) is 15.8 Å². The van der Waals surface area contributed by atoms with E-state index in [1.54, 1.807) is 12.1 Å². The smallest absolute Gasteiger partial charge is 0.301 e. The summed E-state index contributed by atoms with van der Waals surface area (Å²) in [6.45, 7) is 1.85. The minimum atomic E-state index is -3.51. The number of nitrogen functional groups attached to an aromatic ring is 1. The Hall–Kier alpha value is -0.790. The molecule has 0 radical (unpaired) electrons. The van der Waals surface area contributed by atoms with E-state index in [1.165, 1.54) is 14.1 Å². The predicted octanol–water partition coefficient (Wildman–Crippen LogP) is 1.56. The first kappa shape index (κ1) is 13.3. The standard InChI is InChI=1S/C9H14BrN3O2S/c1-6-4-7(10)9(5-8(6)11)12-16(14,15)13(2)3/h4-5,12H,11H2,1-3H3. The SMILES string of the molecule is Cc1cc(Br)c(NS(=O)(=O)N(C)C)cc1N. The quantitative estimate of drug-likeness (QED) is 0.832. The normalized spacial score (nSPS) is 11.8. The summed E-state index contributed by atoms with van der Waals surface area (Å²) in [6, 6.07) is 3.35. The van der Waals surface area contributed by atoms with Gasteiger partial charge in [-0.1, -0.05) is 0 Å². The highest BCUT2D eigenvalue weighted by atomic mass is 79.9. The Bertz CT molecular complexity index is 500. The van der Waals surface area contributed by atoms with Crippen LogP contribution in [0.1, 0.15) is 5.56 Å². The molecule has 16 heavy (non-hydrogen) atoms. The largest absolute Gasteiger partial charge is 0.398 e. The number of nitrogens with zero attached hydrogens (tertiary/aromatic N) is 1. The third-order valence-corrected chi connectivity index (χ3v) is 4.17. The Kier molecular flexibility index (Phi) is 3.82. The fourth-order valence-electron chi connectivity index (χ4n) is 0.998. The number of rotatable bonds is 3. The summed E-state index contributed by atoms with van der Waals surface area (Å²) in [7, 11) is -0.601. The molecule has 3 N–H and O–H groups in total. The lowest BCUT2D eigenvalue weighted by molar-refractivity contribution is 0.527. The van der Waals surface area contributed by atoms with Gasteiger partial charge in [0, 0.05) is 24.3 Å². The minimum Gasteiger partial charge on any atom is -0.398 e. The molecular weight excluding hydrogens is 294 g/mol. The molecule has 1 rings (SSSR count). The second-order valence-corrected chi connectivity index (χ2v) is 6.32. The lowest BCUT2D eigenvalue weighted by Gasteiger charge is -2.15. The van der Waals surface area contributed by atoms with Gasteiger partial charge in [0.15, 0.2) is 0 Å². The van der Waals surface area contributed by atoms with E-state index >= 15 is 0 Å². The van der Waals surface area contributed by atoms with Gasteiger partial charge in [0.1, 0.15) is 0 Å². The second kappa shape index (κ2) is 4.60. The lowest BCUT2D eigenvalue weighted by atomic mass is 10.2. The van der Waals surface area contributed by atoms with Gasteiger partial charge >= 0.3 is 10.2 Å². The van der Waals surface area contributed by atoms with Crippen molar-refractivity contribution in [3.63, 3.8) is 0 Å². The minimum absolute atomic E-state index is 0.428. The summed E-state index contributed by atoms with van der Waals surface area (Å²) in [6.07, 6.45) is 0. The zero-order chi connectivity index (χ0) is 12.5. The van der Waals surface area contributed by atoms with Crippen molar-refractivity contribution < 1.29 is 8.42 Å². The zero-order valence-corrected chi connectivity index (χ0v) is 11.7. The molecule has 0 fully saturated rings. The topological polar surface area (TPSA) is 75.4 Å². The molecule has 0 aromatic heterocycles. The highest BCUT2D eigenvalue weighted by molar-refractivity contribution is 9.10. The Morgan fingerprint density at radius 1 is 1.38 bits per heavy atom. The van der Waals surface area contributed by atoms with E-state index < -0.39 is 10.2 Å². The third-order valence-electron chi connectivity index (χ3n) is 2.08. The molecule has 0 heterocycles. The molecule has 0 spiro atoms. The lowest BCUT2D eigenvalue weighted by Crippen LogP contribution is -2.29. The van der Waals surface area contributed by atoms with Gasteiger partial charge in [-0.2, -0.15) is 12.7 Å². The summed E-state index contributed by atoms with van der Waals surface area (Å²) < 4.78 is 27.4. The average molecular weight is 308 g/mol. The number of benzene rings is 1. The first-order valence-corrected chi connectivity index (χ1v) is 6.73. The van der Waals surface area contributed by atoms with Crippen LogP contribution in [0.25, 0.3) is 0 Å². The van der Waals surface area contributed by atoms with Crippen LogP contribution in [0.2, 0.25) is 0 Å². The molecule has 0 aliphatic rings. The Balaban J connectivity index is 3.13. The molecule has 0 saturated heterocycles. The maximum atomic E-state index is 11.6. The van der Waals surface area contributed by atoms with Gasteiger partial charge in [-0.15, -0.1) is 0 Å². The number of hydrogen-bond donors (Lipinski definition) is 2.